The SMILES string of the molecule is CC(C)(C)OC(=O)N1CCC[C@H]1c1ncc(C2=Cc3ccc(B4OC(C)(C)C(C)(C)O4)cc3CC2)[nH]1. The number of amides is 1. The molecule has 0 saturated carbocycles. The number of H-pyrrole nitrogens is 1. The Hall–Kier alpha value is -2.58. The summed E-state index contributed by atoms with van der Waals surface area (Å²) in [5.74, 6) is 0.830. The average molecular weight is 491 g/mol. The number of rotatable bonds is 3. The molecule has 3 aliphatic rings. The second-order valence-electron chi connectivity index (χ2n) is 12.2. The number of nitrogens with zero attached hydrogens (tertiary/aromatic N) is 2. The van der Waals surface area contributed by atoms with Crippen molar-refractivity contribution in [1.82, 2.24) is 14.9 Å². The lowest BCUT2D eigenvalue weighted by atomic mass is 9.76. The summed E-state index contributed by atoms with van der Waals surface area (Å²) in [5.41, 5.74) is 4.61. The van der Waals surface area contributed by atoms with Gasteiger partial charge in [0.2, 0.25) is 0 Å². The van der Waals surface area contributed by atoms with E-state index in [1.807, 2.05) is 27.0 Å². The summed E-state index contributed by atoms with van der Waals surface area (Å²) < 4.78 is 18.1. The molecule has 2 fully saturated rings. The average Bonchev–Trinajstić information content (AvgIpc) is 3.49. The number of nitrogens with one attached hydrogen (secondary N) is 1. The normalized spacial score (nSPS) is 23.0. The summed E-state index contributed by atoms with van der Waals surface area (Å²) in [4.78, 5) is 22.7. The van der Waals surface area contributed by atoms with Crippen LogP contribution in [-0.4, -0.2) is 51.4 Å². The molecule has 2 aliphatic heterocycles. The van der Waals surface area contributed by atoms with Gasteiger partial charge in [-0.2, -0.15) is 0 Å². The highest BCUT2D eigenvalue weighted by molar-refractivity contribution is 6.62. The zero-order valence-corrected chi connectivity index (χ0v) is 22.6. The molecule has 1 atom stereocenters. The molecule has 1 amide bonds. The van der Waals surface area contributed by atoms with Crippen molar-refractivity contribution >= 4 is 30.3 Å². The van der Waals surface area contributed by atoms with E-state index in [0.717, 1.165) is 42.7 Å². The molecule has 5 rings (SSSR count). The highest BCUT2D eigenvalue weighted by Crippen LogP contribution is 2.37. The number of ether oxygens (including phenoxy) is 1. The van der Waals surface area contributed by atoms with Gasteiger partial charge in [0, 0.05) is 6.54 Å². The third-order valence-electron chi connectivity index (χ3n) is 7.82. The van der Waals surface area contributed by atoms with Crippen LogP contribution in [0.1, 0.15) is 96.4 Å². The molecule has 3 heterocycles. The molecule has 36 heavy (non-hydrogen) atoms. The smallest absolute Gasteiger partial charge is 0.444 e. The van der Waals surface area contributed by atoms with Gasteiger partial charge in [-0.15, -0.1) is 0 Å². The van der Waals surface area contributed by atoms with Crippen LogP contribution >= 0.6 is 0 Å². The highest BCUT2D eigenvalue weighted by Gasteiger charge is 2.51. The maximum Gasteiger partial charge on any atom is 0.494 e. The van der Waals surface area contributed by atoms with Gasteiger partial charge < -0.3 is 19.0 Å². The summed E-state index contributed by atoms with van der Waals surface area (Å²) in [5, 5.41) is 0. The molecular weight excluding hydrogens is 453 g/mol. The van der Waals surface area contributed by atoms with E-state index in [1.54, 1.807) is 4.90 Å². The Bertz CT molecular complexity index is 1180. The molecule has 0 spiro atoms. The van der Waals surface area contributed by atoms with Gasteiger partial charge in [0.1, 0.15) is 11.4 Å². The van der Waals surface area contributed by atoms with Crippen LogP contribution in [0.5, 0.6) is 0 Å². The predicted octanol–water partition coefficient (Wildman–Crippen LogP) is 5.27. The minimum absolute atomic E-state index is 0.0763. The molecule has 192 valence electrons. The van der Waals surface area contributed by atoms with Crippen molar-refractivity contribution in [3.05, 3.63) is 47.0 Å². The van der Waals surface area contributed by atoms with E-state index in [4.69, 9.17) is 14.0 Å². The molecule has 2 aromatic rings. The standard InChI is InChI=1S/C28H38BN3O4/c1-26(2,3)34-25(33)32-14-8-9-23(32)24-30-17-22(31-24)20-11-10-19-16-21(13-12-18(19)15-20)29-35-27(4,5)28(6,7)36-29/h12-13,15-17,23H,8-11,14H2,1-7H3,(H,30,31)/t23-/m0/s1. The molecular formula is C28H38BN3O4. The number of carbonyl (C=O) groups excluding carboxylic acids is 1. The Morgan fingerprint density at radius 3 is 2.58 bits per heavy atom. The number of aromatic nitrogens is 2. The van der Waals surface area contributed by atoms with Crippen LogP contribution in [0, 0.1) is 0 Å². The van der Waals surface area contributed by atoms with Crippen LogP contribution in [0.2, 0.25) is 0 Å². The van der Waals surface area contributed by atoms with Gasteiger partial charge in [0.15, 0.2) is 0 Å². The summed E-state index contributed by atoms with van der Waals surface area (Å²) in [6.07, 6.45) is 7.56. The quantitative estimate of drug-likeness (QED) is 0.593. The van der Waals surface area contributed by atoms with Crippen LogP contribution in [0.3, 0.4) is 0 Å². The van der Waals surface area contributed by atoms with Crippen molar-refractivity contribution in [2.75, 3.05) is 6.54 Å². The summed E-state index contributed by atoms with van der Waals surface area (Å²) in [6, 6.07) is 6.41. The molecule has 0 radical (unpaired) electrons. The number of hydrogen-bond donors (Lipinski definition) is 1. The second kappa shape index (κ2) is 8.77. The number of allylic oxidation sites excluding steroid dienone is 1. The first-order chi connectivity index (χ1) is 16.8. The van der Waals surface area contributed by atoms with Crippen molar-refractivity contribution in [2.24, 2.45) is 0 Å². The van der Waals surface area contributed by atoms with Crippen LogP contribution in [-0.2, 0) is 20.5 Å². The highest BCUT2D eigenvalue weighted by atomic mass is 16.7. The summed E-state index contributed by atoms with van der Waals surface area (Å²) in [7, 11) is -0.347. The first-order valence-electron chi connectivity index (χ1n) is 13.1. The van der Waals surface area contributed by atoms with Crippen LogP contribution in [0.15, 0.2) is 24.4 Å². The Morgan fingerprint density at radius 1 is 1.17 bits per heavy atom. The third kappa shape index (κ3) is 4.73. The number of likely N-dealkylation sites (tertiary alicyclic amines) is 1. The maximum atomic E-state index is 12.7. The van der Waals surface area contributed by atoms with Crippen LogP contribution in [0.4, 0.5) is 4.79 Å². The summed E-state index contributed by atoms with van der Waals surface area (Å²) in [6.45, 7) is 14.7. The number of hydrogen-bond acceptors (Lipinski definition) is 5. The fourth-order valence-electron chi connectivity index (χ4n) is 5.11. The Kier molecular flexibility index (Phi) is 6.11. The Labute approximate surface area is 214 Å². The molecule has 2 saturated heterocycles. The number of imidazole rings is 1. The Balaban J connectivity index is 1.32. The lowest BCUT2D eigenvalue weighted by Crippen LogP contribution is -2.41. The van der Waals surface area contributed by atoms with Crippen molar-refractivity contribution in [3.63, 3.8) is 0 Å². The first-order valence-corrected chi connectivity index (χ1v) is 13.1. The maximum absolute atomic E-state index is 12.7. The number of fused-ring (bicyclic) bond motifs is 1. The van der Waals surface area contributed by atoms with E-state index in [2.05, 4.69) is 61.9 Å². The molecule has 1 aliphatic carbocycles. The molecule has 8 heteroatoms. The van der Waals surface area contributed by atoms with Crippen molar-refractivity contribution in [2.45, 2.75) is 97.0 Å². The first kappa shape index (κ1) is 25.1. The molecule has 1 aromatic carbocycles. The van der Waals surface area contributed by atoms with Crippen molar-refractivity contribution in [3.8, 4) is 0 Å². The van der Waals surface area contributed by atoms with E-state index in [-0.39, 0.29) is 30.5 Å². The zero-order valence-electron chi connectivity index (χ0n) is 22.6. The molecule has 1 N–H and O–H groups in total. The van der Waals surface area contributed by atoms with Gasteiger partial charge in [0.05, 0.1) is 29.1 Å². The van der Waals surface area contributed by atoms with Gasteiger partial charge in [0.25, 0.3) is 0 Å². The van der Waals surface area contributed by atoms with E-state index in [9.17, 15) is 4.79 Å². The van der Waals surface area contributed by atoms with Crippen LogP contribution < -0.4 is 5.46 Å². The van der Waals surface area contributed by atoms with Gasteiger partial charge >= 0.3 is 13.2 Å². The van der Waals surface area contributed by atoms with Gasteiger partial charge in [-0.05, 0) is 102 Å². The van der Waals surface area contributed by atoms with Crippen molar-refractivity contribution < 1.29 is 18.8 Å². The van der Waals surface area contributed by atoms with E-state index >= 15 is 0 Å². The van der Waals surface area contributed by atoms with E-state index in [0.29, 0.717) is 6.54 Å². The summed E-state index contributed by atoms with van der Waals surface area (Å²) >= 11 is 0. The fraction of sp³-hybridized carbons (Fsp3) is 0.571. The number of benzene rings is 1. The van der Waals surface area contributed by atoms with Gasteiger partial charge in [-0.3, -0.25) is 4.90 Å². The molecule has 1 aromatic heterocycles. The fourth-order valence-corrected chi connectivity index (χ4v) is 5.11. The molecule has 0 bridgehead atoms. The lowest BCUT2D eigenvalue weighted by molar-refractivity contribution is 0.00578. The predicted molar refractivity (Wildman–Crippen MR) is 142 cm³/mol. The van der Waals surface area contributed by atoms with Crippen LogP contribution in [0.25, 0.3) is 11.6 Å². The number of aromatic amines is 1. The monoisotopic (exact) mass is 491 g/mol. The number of aryl methyl sites for hydroxylation is 1. The van der Waals surface area contributed by atoms with E-state index < -0.39 is 5.60 Å². The zero-order chi connectivity index (χ0) is 25.9. The largest absolute Gasteiger partial charge is 0.494 e. The number of carbonyl (C=O) groups is 1. The molecule has 0 unspecified atom stereocenters. The Morgan fingerprint density at radius 2 is 1.89 bits per heavy atom. The molecule has 7 nitrogen and oxygen atoms in total. The lowest BCUT2D eigenvalue weighted by Gasteiger charge is -2.32. The second-order valence-corrected chi connectivity index (χ2v) is 12.2. The van der Waals surface area contributed by atoms with Crippen molar-refractivity contribution in [1.29, 1.82) is 0 Å². The van der Waals surface area contributed by atoms with Gasteiger partial charge in [-0.25, -0.2) is 9.78 Å². The van der Waals surface area contributed by atoms with E-state index in [1.165, 1.54) is 16.7 Å². The van der Waals surface area contributed by atoms with Gasteiger partial charge in [-0.1, -0.05) is 18.2 Å². The topological polar surface area (TPSA) is 76.7 Å². The minimum Gasteiger partial charge on any atom is -0.444 e. The third-order valence-corrected chi connectivity index (χ3v) is 7.82. The minimum atomic E-state index is -0.513.